The van der Waals surface area contributed by atoms with Gasteiger partial charge < -0.3 is 23.3 Å². The number of rotatable bonds is 0. The van der Waals surface area contributed by atoms with Gasteiger partial charge in [-0.2, -0.15) is 8.42 Å². The molecule has 13 heteroatoms. The van der Waals surface area contributed by atoms with Crippen LogP contribution < -0.4 is 59.1 Å². The second-order valence-electron chi connectivity index (χ2n) is 1.01. The van der Waals surface area contributed by atoms with Gasteiger partial charge in [-0.05, 0) is 0 Å². The summed E-state index contributed by atoms with van der Waals surface area (Å²) in [5.74, 6) is 0. The van der Waals surface area contributed by atoms with Crippen molar-refractivity contribution in [3.8, 4) is 0 Å². The minimum Gasteiger partial charge on any atom is -1.00 e. The summed E-state index contributed by atoms with van der Waals surface area (Å²) < 4.78 is 31.6. The molecule has 0 rings (SSSR count). The number of carboxylic acid groups (broad SMARTS) is 4. The normalized spacial score (nSPS) is 7.07. The van der Waals surface area contributed by atoms with Crippen LogP contribution in [0.3, 0.4) is 0 Å². The fourth-order valence-corrected chi connectivity index (χ4v) is 0. The Morgan fingerprint density at radius 3 is 0.800 bits per heavy atom. The van der Waals surface area contributed by atoms with Gasteiger partial charge >= 0.3 is 81.8 Å². The van der Waals surface area contributed by atoms with E-state index in [1.54, 1.807) is 0 Å². The van der Waals surface area contributed by atoms with Crippen LogP contribution >= 0.6 is 0 Å². The zero-order valence-electron chi connectivity index (χ0n) is 9.72. The van der Waals surface area contributed by atoms with E-state index >= 15 is 0 Å². The van der Waals surface area contributed by atoms with Gasteiger partial charge in [0.15, 0.2) is 0 Å². The molecule has 0 saturated carbocycles. The third kappa shape index (κ3) is 13200. The first-order valence-corrected chi connectivity index (χ1v) is 3.40. The van der Waals surface area contributed by atoms with Crippen molar-refractivity contribution in [1.82, 2.24) is 0 Å². The Morgan fingerprint density at radius 2 is 0.800 bits per heavy atom. The zero-order chi connectivity index (χ0) is 11.7. The molecule has 0 aliphatic rings. The van der Waals surface area contributed by atoms with E-state index in [2.05, 4.69) is 0 Å². The van der Waals surface area contributed by atoms with Gasteiger partial charge in [-0.3, -0.25) is 9.11 Å². The van der Waals surface area contributed by atoms with Crippen molar-refractivity contribution in [1.29, 1.82) is 0 Å². The van der Waals surface area contributed by atoms with Crippen molar-refractivity contribution in [3.63, 3.8) is 0 Å². The van der Waals surface area contributed by atoms with E-state index in [-0.39, 0.29) is 62.0 Å². The Bertz CT molecular complexity index is 225. The van der Waals surface area contributed by atoms with Crippen LogP contribution in [0.2, 0.25) is 0 Å². The maximum Gasteiger partial charge on any atom is 1.00 e. The van der Waals surface area contributed by atoms with Crippen molar-refractivity contribution in [2.24, 2.45) is 0 Å². The van der Waals surface area contributed by atoms with Gasteiger partial charge in [0.25, 0.3) is 0 Å². The molecule has 0 saturated heterocycles. The predicted molar refractivity (Wildman–Crippen MR) is 37.7 cm³/mol. The molecule has 0 bridgehead atoms. The largest absolute Gasteiger partial charge is 1.00 e. The van der Waals surface area contributed by atoms with Crippen molar-refractivity contribution < 1.29 is 110 Å². The van der Waals surface area contributed by atoms with E-state index in [4.69, 9.17) is 47.5 Å². The molecule has 6 N–H and O–H groups in total. The molecule has 0 aromatic carbocycles. The summed E-state index contributed by atoms with van der Waals surface area (Å²) in [6.45, 7) is 0. The smallest absolute Gasteiger partial charge is 1.00 e. The van der Waals surface area contributed by atoms with Crippen LogP contribution in [0.15, 0.2) is 0 Å². The van der Waals surface area contributed by atoms with Crippen LogP contribution in [0.4, 0.5) is 9.59 Å². The molecule has 84 valence electrons. The summed E-state index contributed by atoms with van der Waals surface area (Å²) >= 11 is 0. The second-order valence-corrected chi connectivity index (χ2v) is 1.91. The monoisotopic (exact) mass is 270 g/mol. The van der Waals surface area contributed by atoms with Crippen LogP contribution in [0.25, 0.3) is 0 Å². The van der Waals surface area contributed by atoms with Crippen LogP contribution in [-0.2, 0) is 10.4 Å². The van der Waals surface area contributed by atoms with Crippen LogP contribution in [0.1, 0.15) is 2.85 Å². The summed E-state index contributed by atoms with van der Waals surface area (Å²) in [6, 6.07) is 0. The quantitative estimate of drug-likeness (QED) is 0.182. The van der Waals surface area contributed by atoms with Crippen molar-refractivity contribution >= 4 is 22.7 Å². The molecule has 0 heterocycles. The molecule has 0 aliphatic carbocycles. The van der Waals surface area contributed by atoms with E-state index in [9.17, 15) is 0 Å². The number of carbonyl (C=O) groups is 2. The average Bonchev–Trinajstić information content (AvgIpc) is 1.50. The van der Waals surface area contributed by atoms with Gasteiger partial charge in [0, 0.05) is 0 Å². The fourth-order valence-electron chi connectivity index (χ4n) is 0. The van der Waals surface area contributed by atoms with E-state index in [1.165, 1.54) is 0 Å². The van der Waals surface area contributed by atoms with Crippen molar-refractivity contribution in [2.45, 2.75) is 0 Å². The van der Waals surface area contributed by atoms with Crippen LogP contribution in [0, 0.1) is 0 Å². The molecule has 0 spiro atoms. The summed E-state index contributed by atoms with van der Waals surface area (Å²) in [4.78, 5) is 17.1. The van der Waals surface area contributed by atoms with Crippen molar-refractivity contribution in [2.75, 3.05) is 0 Å². The molecular weight excluding hydrogens is 262 g/mol. The van der Waals surface area contributed by atoms with Gasteiger partial charge in [-0.25, -0.2) is 9.59 Å². The van der Waals surface area contributed by atoms with E-state index < -0.39 is 22.7 Å². The Morgan fingerprint density at radius 1 is 0.800 bits per heavy atom. The second kappa shape index (κ2) is 16.8. The molecule has 0 aromatic heterocycles. The van der Waals surface area contributed by atoms with Gasteiger partial charge in [-0.15, -0.1) is 0 Å². The summed E-state index contributed by atoms with van der Waals surface area (Å²) in [6.07, 6.45) is -3.67. The topological polar surface area (TPSA) is 190 Å². The molecular formula is C2H8Na2O10S. The zero-order valence-corrected chi connectivity index (χ0v) is 12.5. The van der Waals surface area contributed by atoms with Gasteiger partial charge in [0.1, 0.15) is 0 Å². The molecule has 0 fully saturated rings. The fraction of sp³-hybridized carbons (Fsp3) is 0. The first kappa shape index (κ1) is 29.5. The Labute approximate surface area is 131 Å². The number of hydrogen-bond donors (Lipinski definition) is 6. The maximum absolute atomic E-state index is 8.74. The van der Waals surface area contributed by atoms with Crippen LogP contribution in [0.5, 0.6) is 0 Å². The predicted octanol–water partition coefficient (Wildman–Crippen LogP) is -5.97. The molecule has 0 aliphatic heterocycles. The molecule has 0 amide bonds. The maximum atomic E-state index is 8.74. The molecule has 15 heavy (non-hydrogen) atoms. The molecule has 0 atom stereocenters. The Balaban J connectivity index is -0.0000000159. The Kier molecular flexibility index (Phi) is 33.1. The third-order valence-electron chi connectivity index (χ3n) is 0. The molecule has 0 radical (unpaired) electrons. The first-order valence-electron chi connectivity index (χ1n) is 2.00. The van der Waals surface area contributed by atoms with E-state index in [0.717, 1.165) is 0 Å². The minimum absolute atomic E-state index is 0. The first-order chi connectivity index (χ1) is 5.46. The minimum atomic E-state index is -4.67. The van der Waals surface area contributed by atoms with Gasteiger partial charge in [0.05, 0.1) is 0 Å². The van der Waals surface area contributed by atoms with Gasteiger partial charge in [-0.1, -0.05) is 0 Å². The number of hydrogen-bond acceptors (Lipinski definition) is 4. The standard InChI is InChI=1S/2CH2O3.2Na.H2O4S.2H/c2*2-1(3)4;;;1-5(2,3)4;;/h2*(H2,2,3,4);;;(H2,1,2,3,4);;/q;;2*+1;;2*-1. The van der Waals surface area contributed by atoms with Crippen molar-refractivity contribution in [3.05, 3.63) is 0 Å². The Hall–Kier alpha value is 0.410. The average molecular weight is 270 g/mol. The molecule has 0 aromatic rings. The molecule has 10 nitrogen and oxygen atoms in total. The summed E-state index contributed by atoms with van der Waals surface area (Å²) in [5, 5.41) is 27.9. The third-order valence-corrected chi connectivity index (χ3v) is 0. The SMILES string of the molecule is O=C(O)O.O=C(O)O.O=S(=O)(O)O.[H-].[H-].[Na+].[Na+]. The van der Waals surface area contributed by atoms with E-state index in [1.807, 2.05) is 0 Å². The summed E-state index contributed by atoms with van der Waals surface area (Å²) in [7, 11) is -4.67. The van der Waals surface area contributed by atoms with Crippen LogP contribution in [-0.4, -0.2) is 50.3 Å². The molecule has 0 unspecified atom stereocenters. The van der Waals surface area contributed by atoms with Gasteiger partial charge in [0.2, 0.25) is 0 Å². The summed E-state index contributed by atoms with van der Waals surface area (Å²) in [5.41, 5.74) is 0. The van der Waals surface area contributed by atoms with E-state index in [0.29, 0.717) is 0 Å².